The van der Waals surface area contributed by atoms with Crippen molar-refractivity contribution in [1.82, 2.24) is 0 Å². The molecule has 1 saturated heterocycles. The molecule has 2 aromatic rings. The standard InChI is InChI=1S/C18H18N2O6S/c1-25-15-8-3-12(11-16(15)26-2)19-27(23,24)14-6-4-13(5-7-14)20-17(21)9-10-18(20)22/h3-8,11,19H,9-10H2,1-2H3. The van der Waals surface area contributed by atoms with E-state index in [9.17, 15) is 18.0 Å². The van der Waals surface area contributed by atoms with E-state index in [1.807, 2.05) is 0 Å². The van der Waals surface area contributed by atoms with Crippen LogP contribution in [0.1, 0.15) is 12.8 Å². The molecule has 9 heteroatoms. The van der Waals surface area contributed by atoms with Crippen LogP contribution in [0.4, 0.5) is 11.4 Å². The van der Waals surface area contributed by atoms with Crippen molar-refractivity contribution < 1.29 is 27.5 Å². The van der Waals surface area contributed by atoms with E-state index in [4.69, 9.17) is 9.47 Å². The molecule has 0 radical (unpaired) electrons. The first-order valence-corrected chi connectivity index (χ1v) is 9.55. The number of sulfonamides is 1. The van der Waals surface area contributed by atoms with E-state index in [0.29, 0.717) is 22.9 Å². The summed E-state index contributed by atoms with van der Waals surface area (Å²) >= 11 is 0. The van der Waals surface area contributed by atoms with Crippen molar-refractivity contribution in [3.05, 3.63) is 42.5 Å². The molecule has 1 N–H and O–H groups in total. The summed E-state index contributed by atoms with van der Waals surface area (Å²) in [4.78, 5) is 24.6. The van der Waals surface area contributed by atoms with Gasteiger partial charge in [-0.2, -0.15) is 0 Å². The third-order valence-corrected chi connectivity index (χ3v) is 5.49. The highest BCUT2D eigenvalue weighted by molar-refractivity contribution is 7.92. The van der Waals surface area contributed by atoms with Crippen molar-refractivity contribution in [2.45, 2.75) is 17.7 Å². The second kappa shape index (κ2) is 7.28. The molecule has 2 aromatic carbocycles. The van der Waals surface area contributed by atoms with Gasteiger partial charge in [0.1, 0.15) is 0 Å². The summed E-state index contributed by atoms with van der Waals surface area (Å²) in [6.45, 7) is 0. The lowest BCUT2D eigenvalue weighted by atomic mass is 10.3. The second-order valence-electron chi connectivity index (χ2n) is 5.79. The zero-order chi connectivity index (χ0) is 19.6. The molecular formula is C18H18N2O6S. The Labute approximate surface area is 156 Å². The number of rotatable bonds is 6. The van der Waals surface area contributed by atoms with Crippen molar-refractivity contribution in [3.8, 4) is 11.5 Å². The van der Waals surface area contributed by atoms with Crippen LogP contribution in [0.2, 0.25) is 0 Å². The molecule has 1 aliphatic rings. The number of imide groups is 1. The minimum absolute atomic E-state index is 0.000120. The van der Waals surface area contributed by atoms with Gasteiger partial charge >= 0.3 is 0 Å². The first kappa shape index (κ1) is 18.7. The van der Waals surface area contributed by atoms with Crippen LogP contribution in [0.15, 0.2) is 47.4 Å². The zero-order valence-corrected chi connectivity index (χ0v) is 15.6. The molecule has 1 aliphatic heterocycles. The van der Waals surface area contributed by atoms with E-state index in [1.54, 1.807) is 12.1 Å². The Morgan fingerprint density at radius 1 is 0.889 bits per heavy atom. The van der Waals surface area contributed by atoms with Crippen molar-refractivity contribution >= 4 is 33.2 Å². The van der Waals surface area contributed by atoms with Crippen molar-refractivity contribution in [2.75, 3.05) is 23.8 Å². The highest BCUT2D eigenvalue weighted by Crippen LogP contribution is 2.31. The average Bonchev–Trinajstić information content (AvgIpc) is 2.99. The number of hydrogen-bond acceptors (Lipinski definition) is 6. The number of benzene rings is 2. The van der Waals surface area contributed by atoms with Gasteiger partial charge < -0.3 is 9.47 Å². The predicted octanol–water partition coefficient (Wildman–Crippen LogP) is 2.16. The Bertz CT molecular complexity index is 969. The minimum Gasteiger partial charge on any atom is -0.493 e. The SMILES string of the molecule is COc1ccc(NS(=O)(=O)c2ccc(N3C(=O)CCC3=O)cc2)cc1OC. The number of nitrogens with zero attached hydrogens (tertiary/aromatic N) is 1. The topological polar surface area (TPSA) is 102 Å². The van der Waals surface area contributed by atoms with Gasteiger partial charge in [0, 0.05) is 18.9 Å². The van der Waals surface area contributed by atoms with Crippen molar-refractivity contribution in [2.24, 2.45) is 0 Å². The average molecular weight is 390 g/mol. The molecular weight excluding hydrogens is 372 g/mol. The summed E-state index contributed by atoms with van der Waals surface area (Å²) in [6.07, 6.45) is 0.333. The number of anilines is 2. The fourth-order valence-corrected chi connectivity index (χ4v) is 3.80. The first-order valence-electron chi connectivity index (χ1n) is 8.06. The van der Waals surface area contributed by atoms with Crippen LogP contribution < -0.4 is 19.1 Å². The van der Waals surface area contributed by atoms with E-state index < -0.39 is 10.0 Å². The van der Waals surface area contributed by atoms with E-state index in [0.717, 1.165) is 4.90 Å². The van der Waals surface area contributed by atoms with Crippen molar-refractivity contribution in [1.29, 1.82) is 0 Å². The summed E-state index contributed by atoms with van der Waals surface area (Å²) in [5, 5.41) is 0. The Hall–Kier alpha value is -3.07. The molecule has 1 fully saturated rings. The molecule has 1 heterocycles. The van der Waals surface area contributed by atoms with Crippen LogP contribution in [0.3, 0.4) is 0 Å². The molecule has 3 rings (SSSR count). The predicted molar refractivity (Wildman–Crippen MR) is 98.5 cm³/mol. The number of ether oxygens (including phenoxy) is 2. The highest BCUT2D eigenvalue weighted by Gasteiger charge is 2.30. The van der Waals surface area contributed by atoms with Gasteiger partial charge in [0.25, 0.3) is 10.0 Å². The van der Waals surface area contributed by atoms with Gasteiger partial charge in [0.2, 0.25) is 11.8 Å². The summed E-state index contributed by atoms with van der Waals surface area (Å²) in [5.74, 6) is 0.280. The third kappa shape index (κ3) is 3.72. The summed E-state index contributed by atoms with van der Waals surface area (Å²) in [7, 11) is -0.921. The maximum atomic E-state index is 12.6. The smallest absolute Gasteiger partial charge is 0.261 e. The molecule has 0 saturated carbocycles. The number of nitrogens with one attached hydrogen (secondary N) is 1. The number of amides is 2. The van der Waals surface area contributed by atoms with E-state index in [2.05, 4.69) is 4.72 Å². The Kier molecular flexibility index (Phi) is 5.04. The lowest BCUT2D eigenvalue weighted by molar-refractivity contribution is -0.121. The number of carbonyl (C=O) groups excluding carboxylic acids is 2. The Balaban J connectivity index is 1.83. The van der Waals surface area contributed by atoms with Gasteiger partial charge in [-0.05, 0) is 36.4 Å². The van der Waals surface area contributed by atoms with Crippen LogP contribution in [-0.4, -0.2) is 34.5 Å². The Morgan fingerprint density at radius 2 is 1.48 bits per heavy atom. The minimum atomic E-state index is -3.86. The molecule has 142 valence electrons. The van der Waals surface area contributed by atoms with Crippen LogP contribution in [0, 0.1) is 0 Å². The first-order chi connectivity index (χ1) is 12.9. The van der Waals surface area contributed by atoms with Gasteiger partial charge in [-0.3, -0.25) is 19.2 Å². The molecule has 2 amide bonds. The van der Waals surface area contributed by atoms with Gasteiger partial charge in [-0.1, -0.05) is 0 Å². The van der Waals surface area contributed by atoms with Crippen LogP contribution in [0.5, 0.6) is 11.5 Å². The number of hydrogen-bond donors (Lipinski definition) is 1. The summed E-state index contributed by atoms with van der Waals surface area (Å²) < 4.78 is 37.9. The Morgan fingerprint density at radius 3 is 2.04 bits per heavy atom. The fraction of sp³-hybridized carbons (Fsp3) is 0.222. The lowest BCUT2D eigenvalue weighted by Crippen LogP contribution is -2.28. The molecule has 0 unspecified atom stereocenters. The maximum absolute atomic E-state index is 12.6. The molecule has 0 bridgehead atoms. The van der Waals surface area contributed by atoms with Crippen LogP contribution in [-0.2, 0) is 19.6 Å². The van der Waals surface area contributed by atoms with E-state index in [1.165, 1.54) is 44.6 Å². The third-order valence-electron chi connectivity index (χ3n) is 4.09. The molecule has 27 heavy (non-hydrogen) atoms. The highest BCUT2D eigenvalue weighted by atomic mass is 32.2. The molecule has 0 aliphatic carbocycles. The van der Waals surface area contributed by atoms with Crippen LogP contribution >= 0.6 is 0 Å². The summed E-state index contributed by atoms with van der Waals surface area (Å²) in [5.41, 5.74) is 0.661. The lowest BCUT2D eigenvalue weighted by Gasteiger charge is -2.15. The number of carbonyl (C=O) groups is 2. The van der Waals surface area contributed by atoms with Gasteiger partial charge in [-0.15, -0.1) is 0 Å². The van der Waals surface area contributed by atoms with E-state index >= 15 is 0 Å². The van der Waals surface area contributed by atoms with Gasteiger partial charge in [0.15, 0.2) is 11.5 Å². The molecule has 0 aromatic heterocycles. The van der Waals surface area contributed by atoms with Gasteiger partial charge in [0.05, 0.1) is 30.5 Å². The van der Waals surface area contributed by atoms with Crippen molar-refractivity contribution in [3.63, 3.8) is 0 Å². The van der Waals surface area contributed by atoms with Gasteiger partial charge in [-0.25, -0.2) is 8.42 Å². The summed E-state index contributed by atoms with van der Waals surface area (Å²) in [6, 6.07) is 10.2. The molecule has 0 atom stereocenters. The number of methoxy groups -OCH3 is 2. The largest absolute Gasteiger partial charge is 0.493 e. The second-order valence-corrected chi connectivity index (χ2v) is 7.47. The van der Waals surface area contributed by atoms with E-state index in [-0.39, 0.29) is 29.6 Å². The molecule has 0 spiro atoms. The molecule has 8 nitrogen and oxygen atoms in total. The van der Waals surface area contributed by atoms with Crippen LogP contribution in [0.25, 0.3) is 0 Å². The monoisotopic (exact) mass is 390 g/mol. The quantitative estimate of drug-likeness (QED) is 0.759. The normalized spacial score (nSPS) is 14.4. The zero-order valence-electron chi connectivity index (χ0n) is 14.8. The fourth-order valence-electron chi connectivity index (χ4n) is 2.75. The maximum Gasteiger partial charge on any atom is 0.261 e.